The number of hydrogen-bond acceptors (Lipinski definition) is 2. The van der Waals surface area contributed by atoms with Gasteiger partial charge in [-0.3, -0.25) is 9.59 Å². The molecule has 5 heteroatoms. The summed E-state index contributed by atoms with van der Waals surface area (Å²) in [7, 11) is 0. The Balaban J connectivity index is 3.01. The molecular weight excluding hydrogens is 284 g/mol. The van der Waals surface area contributed by atoms with Crippen LogP contribution in [0.5, 0.6) is 0 Å². The number of nitrogens with zero attached hydrogens (tertiary/aromatic N) is 1. The third kappa shape index (κ3) is 3.56. The second-order valence-electron chi connectivity index (χ2n) is 3.77. The first-order chi connectivity index (χ1) is 7.95. The Kier molecular flexibility index (Phi) is 4.69. The minimum Gasteiger partial charge on any atom is -0.368 e. The summed E-state index contributed by atoms with van der Waals surface area (Å²) in [5, 5.41) is 0. The number of hydrogen-bond donors (Lipinski definition) is 1. The Labute approximate surface area is 109 Å². The predicted octanol–water partition coefficient (Wildman–Crippen LogP) is 1.70. The van der Waals surface area contributed by atoms with Gasteiger partial charge in [0.05, 0.1) is 12.1 Å². The maximum atomic E-state index is 12.2. The van der Waals surface area contributed by atoms with Gasteiger partial charge in [0.15, 0.2) is 0 Å². The lowest BCUT2D eigenvalue weighted by Gasteiger charge is -2.20. The normalized spacial score (nSPS) is 10.1. The van der Waals surface area contributed by atoms with Crippen LogP contribution < -0.4 is 5.73 Å². The van der Waals surface area contributed by atoms with E-state index in [1.165, 1.54) is 4.90 Å². The molecule has 0 bridgehead atoms. The van der Waals surface area contributed by atoms with Gasteiger partial charge in [-0.25, -0.2) is 0 Å². The van der Waals surface area contributed by atoms with Crippen LogP contribution in [0.25, 0.3) is 0 Å². The van der Waals surface area contributed by atoms with Crippen molar-refractivity contribution in [2.45, 2.75) is 13.8 Å². The van der Waals surface area contributed by atoms with Crippen LogP contribution >= 0.6 is 15.9 Å². The summed E-state index contributed by atoms with van der Waals surface area (Å²) in [6.07, 6.45) is 0. The summed E-state index contributed by atoms with van der Waals surface area (Å²) in [6, 6.07) is 5.52. The summed E-state index contributed by atoms with van der Waals surface area (Å²) >= 11 is 3.33. The summed E-state index contributed by atoms with van der Waals surface area (Å²) in [6.45, 7) is 4.11. The molecule has 0 radical (unpaired) electrons. The fourth-order valence-corrected chi connectivity index (χ4v) is 1.90. The van der Waals surface area contributed by atoms with Crippen molar-refractivity contribution in [3.05, 3.63) is 33.8 Å². The van der Waals surface area contributed by atoms with E-state index in [9.17, 15) is 9.59 Å². The molecule has 0 aliphatic heterocycles. The zero-order valence-electron chi connectivity index (χ0n) is 9.87. The van der Waals surface area contributed by atoms with Gasteiger partial charge < -0.3 is 10.6 Å². The molecule has 2 N–H and O–H groups in total. The highest BCUT2D eigenvalue weighted by molar-refractivity contribution is 9.10. The van der Waals surface area contributed by atoms with Gasteiger partial charge in [-0.1, -0.05) is 11.6 Å². The Hall–Kier alpha value is -1.36. The maximum Gasteiger partial charge on any atom is 0.255 e. The molecule has 4 nitrogen and oxygen atoms in total. The smallest absolute Gasteiger partial charge is 0.255 e. The van der Waals surface area contributed by atoms with Crippen LogP contribution in [0.1, 0.15) is 22.8 Å². The molecule has 17 heavy (non-hydrogen) atoms. The average molecular weight is 299 g/mol. The topological polar surface area (TPSA) is 63.4 Å². The summed E-state index contributed by atoms with van der Waals surface area (Å²) in [5.74, 6) is -0.703. The number of likely N-dealkylation sites (N-methyl/N-ethyl adjacent to an activating group) is 1. The first-order valence-electron chi connectivity index (χ1n) is 5.29. The van der Waals surface area contributed by atoms with E-state index in [-0.39, 0.29) is 12.5 Å². The SMILES string of the molecule is CCN(CC(N)=O)C(=O)c1cc(C)ccc1Br. The molecule has 0 aromatic heterocycles. The average Bonchev–Trinajstić information content (AvgIpc) is 2.28. The number of rotatable bonds is 4. The standard InChI is InChI=1S/C12H15BrN2O2/c1-3-15(7-11(14)16)12(17)9-6-8(2)4-5-10(9)13/h4-6H,3,7H2,1-2H3,(H2,14,16). The largest absolute Gasteiger partial charge is 0.368 e. The van der Waals surface area contributed by atoms with E-state index in [0.29, 0.717) is 12.1 Å². The first kappa shape index (κ1) is 13.7. The lowest BCUT2D eigenvalue weighted by molar-refractivity contribution is -0.118. The van der Waals surface area contributed by atoms with E-state index in [4.69, 9.17) is 5.73 Å². The molecule has 0 aliphatic carbocycles. The fourth-order valence-electron chi connectivity index (χ4n) is 1.49. The van der Waals surface area contributed by atoms with E-state index in [0.717, 1.165) is 10.0 Å². The van der Waals surface area contributed by atoms with Crippen LogP contribution in [0.15, 0.2) is 22.7 Å². The summed E-state index contributed by atoms with van der Waals surface area (Å²) < 4.78 is 0.719. The molecule has 0 aliphatic rings. The van der Waals surface area contributed by atoms with E-state index in [1.54, 1.807) is 6.07 Å². The quantitative estimate of drug-likeness (QED) is 0.920. The number of carbonyl (C=O) groups is 2. The lowest BCUT2D eigenvalue weighted by Crippen LogP contribution is -2.38. The zero-order chi connectivity index (χ0) is 13.0. The van der Waals surface area contributed by atoms with Crippen molar-refractivity contribution in [3.63, 3.8) is 0 Å². The molecule has 92 valence electrons. The van der Waals surface area contributed by atoms with Crippen molar-refractivity contribution in [3.8, 4) is 0 Å². The number of benzene rings is 1. The number of nitrogens with two attached hydrogens (primary N) is 1. The van der Waals surface area contributed by atoms with Gasteiger partial charge in [0.1, 0.15) is 0 Å². The van der Waals surface area contributed by atoms with Gasteiger partial charge in [0.2, 0.25) is 5.91 Å². The fraction of sp³-hybridized carbons (Fsp3) is 0.333. The highest BCUT2D eigenvalue weighted by Gasteiger charge is 2.18. The van der Waals surface area contributed by atoms with Crippen LogP contribution in [0.2, 0.25) is 0 Å². The Morgan fingerprint density at radius 2 is 2.06 bits per heavy atom. The van der Waals surface area contributed by atoms with Crippen molar-refractivity contribution >= 4 is 27.7 Å². The van der Waals surface area contributed by atoms with Gasteiger partial charge in [0, 0.05) is 11.0 Å². The molecule has 2 amide bonds. The first-order valence-corrected chi connectivity index (χ1v) is 6.08. The molecule has 0 saturated carbocycles. The number of halogens is 1. The number of carbonyl (C=O) groups excluding carboxylic acids is 2. The Bertz CT molecular complexity index is 446. The van der Waals surface area contributed by atoms with Crippen molar-refractivity contribution < 1.29 is 9.59 Å². The molecule has 0 spiro atoms. The number of primary amides is 1. The third-order valence-corrected chi connectivity index (χ3v) is 3.06. The predicted molar refractivity (Wildman–Crippen MR) is 69.7 cm³/mol. The molecule has 0 saturated heterocycles. The number of aryl methyl sites for hydroxylation is 1. The Morgan fingerprint density at radius 1 is 1.41 bits per heavy atom. The lowest BCUT2D eigenvalue weighted by atomic mass is 10.1. The minimum atomic E-state index is -0.510. The maximum absolute atomic E-state index is 12.2. The molecule has 1 rings (SSSR count). The van der Waals surface area contributed by atoms with Gasteiger partial charge in [-0.15, -0.1) is 0 Å². The van der Waals surface area contributed by atoms with Crippen molar-refractivity contribution in [1.82, 2.24) is 4.90 Å². The second kappa shape index (κ2) is 5.82. The highest BCUT2D eigenvalue weighted by Crippen LogP contribution is 2.19. The molecular formula is C12H15BrN2O2. The van der Waals surface area contributed by atoms with Crippen LogP contribution in [0.3, 0.4) is 0 Å². The van der Waals surface area contributed by atoms with E-state index in [1.807, 2.05) is 26.0 Å². The molecule has 0 atom stereocenters. The van der Waals surface area contributed by atoms with E-state index < -0.39 is 5.91 Å². The van der Waals surface area contributed by atoms with Crippen molar-refractivity contribution in [1.29, 1.82) is 0 Å². The van der Waals surface area contributed by atoms with Crippen LogP contribution in [0, 0.1) is 6.92 Å². The second-order valence-corrected chi connectivity index (χ2v) is 4.62. The van der Waals surface area contributed by atoms with Crippen molar-refractivity contribution in [2.24, 2.45) is 5.73 Å². The van der Waals surface area contributed by atoms with Gasteiger partial charge in [0.25, 0.3) is 5.91 Å². The van der Waals surface area contributed by atoms with Crippen molar-refractivity contribution in [2.75, 3.05) is 13.1 Å². The molecule has 1 aromatic carbocycles. The van der Waals surface area contributed by atoms with E-state index in [2.05, 4.69) is 15.9 Å². The number of amides is 2. The van der Waals surface area contributed by atoms with Gasteiger partial charge in [-0.2, -0.15) is 0 Å². The van der Waals surface area contributed by atoms with Crippen LogP contribution in [0.4, 0.5) is 0 Å². The monoisotopic (exact) mass is 298 g/mol. The molecule has 1 aromatic rings. The molecule has 0 unspecified atom stereocenters. The third-order valence-electron chi connectivity index (χ3n) is 2.37. The van der Waals surface area contributed by atoms with Crippen LogP contribution in [-0.2, 0) is 4.79 Å². The molecule has 0 fully saturated rings. The van der Waals surface area contributed by atoms with E-state index >= 15 is 0 Å². The molecule has 0 heterocycles. The minimum absolute atomic E-state index is 0.0598. The highest BCUT2D eigenvalue weighted by atomic mass is 79.9. The van der Waals surface area contributed by atoms with Crippen LogP contribution in [-0.4, -0.2) is 29.8 Å². The zero-order valence-corrected chi connectivity index (χ0v) is 11.5. The summed E-state index contributed by atoms with van der Waals surface area (Å²) in [5.41, 5.74) is 6.65. The Morgan fingerprint density at radius 3 is 2.59 bits per heavy atom. The van der Waals surface area contributed by atoms with Gasteiger partial charge in [-0.05, 0) is 41.9 Å². The van der Waals surface area contributed by atoms with Gasteiger partial charge >= 0.3 is 0 Å². The summed E-state index contributed by atoms with van der Waals surface area (Å²) in [4.78, 5) is 24.5.